The predicted molar refractivity (Wildman–Crippen MR) is 180 cm³/mol. The first-order chi connectivity index (χ1) is 21.8. The Balaban J connectivity index is 1.42. The average molecular weight is 680 g/mol. The first-order valence-electron chi connectivity index (χ1n) is 14.4. The van der Waals surface area contributed by atoms with E-state index in [9.17, 15) is 13.2 Å². The summed E-state index contributed by atoms with van der Waals surface area (Å²) in [4.78, 5) is 12.4. The number of ether oxygens (including phenoxy) is 1. The van der Waals surface area contributed by atoms with Crippen molar-refractivity contribution >= 4 is 39.2 Å². The molecule has 1 atom stereocenters. The maximum Gasteiger partial charge on any atom is 0.266 e. The monoisotopic (exact) mass is 678 g/mol. The molecule has 0 bridgehead atoms. The Morgan fingerprint density at radius 1 is 0.935 bits per heavy atom. The number of carbonyl (C=O) groups excluding carboxylic acids is 1. The highest BCUT2D eigenvalue weighted by atomic mass is 35.5. The number of aromatic nitrogens is 1. The van der Waals surface area contributed by atoms with E-state index in [-0.39, 0.29) is 12.0 Å². The van der Waals surface area contributed by atoms with E-state index in [0.29, 0.717) is 32.8 Å². The van der Waals surface area contributed by atoms with Crippen LogP contribution in [-0.4, -0.2) is 36.3 Å². The second-order valence-electron chi connectivity index (χ2n) is 11.8. The molecule has 2 N–H and O–H groups in total. The van der Waals surface area contributed by atoms with Gasteiger partial charge in [-0.3, -0.25) is 9.35 Å². The molecule has 11 heteroatoms. The van der Waals surface area contributed by atoms with Crippen molar-refractivity contribution in [1.82, 2.24) is 10.5 Å². The fourth-order valence-electron chi connectivity index (χ4n) is 4.79. The van der Waals surface area contributed by atoms with Crippen LogP contribution in [0.2, 0.25) is 10.0 Å². The number of hydrogen-bond acceptors (Lipinski definition) is 6. The van der Waals surface area contributed by atoms with Crippen molar-refractivity contribution in [2.45, 2.75) is 32.3 Å². The largest absolute Gasteiger partial charge is 0.479 e. The molecule has 0 spiro atoms. The first kappa shape index (κ1) is 33.2. The van der Waals surface area contributed by atoms with Gasteiger partial charge in [-0.1, -0.05) is 97.7 Å². The van der Waals surface area contributed by atoms with Gasteiger partial charge in [0.2, 0.25) is 0 Å². The van der Waals surface area contributed by atoms with Crippen LogP contribution in [-0.2, 0) is 15.5 Å². The molecule has 0 fully saturated rings. The molecule has 1 unspecified atom stereocenters. The maximum absolute atomic E-state index is 12.4. The lowest BCUT2D eigenvalue weighted by molar-refractivity contribution is 0.0956. The third-order valence-corrected chi connectivity index (χ3v) is 8.55. The van der Waals surface area contributed by atoms with Crippen LogP contribution in [0.3, 0.4) is 0 Å². The van der Waals surface area contributed by atoms with Crippen LogP contribution in [0.25, 0.3) is 22.5 Å². The Morgan fingerprint density at radius 3 is 2.28 bits per heavy atom. The molecule has 0 saturated heterocycles. The second-order valence-corrected chi connectivity index (χ2v) is 14.2. The molecule has 0 aliphatic heterocycles. The van der Waals surface area contributed by atoms with Crippen molar-refractivity contribution in [3.8, 4) is 28.2 Å². The number of halogens is 2. The normalized spacial score (nSPS) is 12.5. The zero-order valence-electron chi connectivity index (χ0n) is 25.3. The van der Waals surface area contributed by atoms with Gasteiger partial charge in [0.15, 0.2) is 11.9 Å². The summed E-state index contributed by atoms with van der Waals surface area (Å²) in [5.74, 6) is -0.0380. The number of hydrogen-bond donors (Lipinski definition) is 2. The van der Waals surface area contributed by atoms with Crippen LogP contribution in [0.4, 0.5) is 0 Å². The summed E-state index contributed by atoms with van der Waals surface area (Å²) >= 11 is 12.6. The van der Waals surface area contributed by atoms with E-state index in [2.05, 4.69) is 43.4 Å². The molecule has 0 aliphatic rings. The molecule has 0 radical (unpaired) electrons. The van der Waals surface area contributed by atoms with Crippen LogP contribution in [0.15, 0.2) is 102 Å². The molecule has 4 aromatic carbocycles. The van der Waals surface area contributed by atoms with Gasteiger partial charge in [-0.25, -0.2) is 0 Å². The van der Waals surface area contributed by atoms with Gasteiger partial charge in [0, 0.05) is 39.3 Å². The number of nitrogens with zero attached hydrogens (tertiary/aromatic N) is 1. The summed E-state index contributed by atoms with van der Waals surface area (Å²) in [5, 5.41) is 7.95. The summed E-state index contributed by atoms with van der Waals surface area (Å²) in [6.07, 6.45) is -0.644. The smallest absolute Gasteiger partial charge is 0.266 e. The quantitative estimate of drug-likeness (QED) is 0.142. The fraction of sp³-hybridized carbons (Fsp3) is 0.200. The van der Waals surface area contributed by atoms with Gasteiger partial charge in [0.1, 0.15) is 11.4 Å². The minimum atomic E-state index is -4.18. The summed E-state index contributed by atoms with van der Waals surface area (Å²) < 4.78 is 43.0. The SMILES string of the molecule is CC(C)(C)c1ccc(C(Oc2ccc(C(=O)NCCS(=O)(=O)O)cc2)c2cc(-c3cccc(-c4ccc(Cl)cc4Cl)c3)on2)cc1. The van der Waals surface area contributed by atoms with Gasteiger partial charge in [-0.05, 0) is 64.6 Å². The Hall–Kier alpha value is -4.15. The van der Waals surface area contributed by atoms with Crippen LogP contribution in [0.5, 0.6) is 5.75 Å². The maximum atomic E-state index is 12.4. The second kappa shape index (κ2) is 13.7. The lowest BCUT2D eigenvalue weighted by Gasteiger charge is -2.21. The fourth-order valence-corrected chi connectivity index (χ4v) is 5.66. The standard InChI is InChI=1S/C35H32Cl2N2O6S/c1-35(2,3)26-11-7-22(8-12-26)33(44-28-14-9-23(10-15-28)34(40)38-17-18-46(41,42)43)31-21-32(45-39-31)25-6-4-5-24(19-25)29-16-13-27(36)20-30(29)37/h4-16,19-21,33H,17-18H2,1-3H3,(H,38,40)(H,41,42,43). The van der Waals surface area contributed by atoms with Gasteiger partial charge >= 0.3 is 0 Å². The van der Waals surface area contributed by atoms with Crippen molar-refractivity contribution in [3.63, 3.8) is 0 Å². The average Bonchev–Trinajstić information content (AvgIpc) is 3.49. The number of rotatable bonds is 10. The minimum absolute atomic E-state index is 0.0360. The first-order valence-corrected chi connectivity index (χ1v) is 16.8. The third-order valence-electron chi connectivity index (χ3n) is 7.28. The molecule has 238 valence electrons. The van der Waals surface area contributed by atoms with Crippen molar-refractivity contribution in [2.24, 2.45) is 0 Å². The number of nitrogens with one attached hydrogen (secondary N) is 1. The molecule has 0 saturated carbocycles. The summed E-state index contributed by atoms with van der Waals surface area (Å²) in [7, 11) is -4.18. The Kier molecular flexibility index (Phi) is 9.88. The van der Waals surface area contributed by atoms with Crippen molar-refractivity contribution in [1.29, 1.82) is 0 Å². The van der Waals surface area contributed by atoms with E-state index in [0.717, 1.165) is 27.8 Å². The minimum Gasteiger partial charge on any atom is -0.479 e. The van der Waals surface area contributed by atoms with Gasteiger partial charge in [0.25, 0.3) is 16.0 Å². The lowest BCUT2D eigenvalue weighted by Crippen LogP contribution is -2.28. The topological polar surface area (TPSA) is 119 Å². The Bertz CT molecular complexity index is 1950. The molecule has 0 aliphatic carbocycles. The van der Waals surface area contributed by atoms with Gasteiger partial charge in [-0.15, -0.1) is 0 Å². The van der Waals surface area contributed by atoms with E-state index in [1.165, 1.54) is 0 Å². The lowest BCUT2D eigenvalue weighted by atomic mass is 9.86. The highest BCUT2D eigenvalue weighted by molar-refractivity contribution is 7.85. The van der Waals surface area contributed by atoms with Crippen LogP contribution < -0.4 is 10.1 Å². The van der Waals surface area contributed by atoms with E-state index >= 15 is 0 Å². The van der Waals surface area contributed by atoms with Crippen LogP contribution >= 0.6 is 23.2 Å². The number of carbonyl (C=O) groups is 1. The summed E-state index contributed by atoms with van der Waals surface area (Å²) in [5.41, 5.74) is 5.35. The van der Waals surface area contributed by atoms with E-state index in [1.54, 1.807) is 36.4 Å². The Labute approximate surface area is 278 Å². The van der Waals surface area contributed by atoms with Crippen LogP contribution in [0, 0.1) is 0 Å². The summed E-state index contributed by atoms with van der Waals surface area (Å²) in [6, 6.07) is 29.5. The molecule has 1 amide bonds. The van der Waals surface area contributed by atoms with Crippen molar-refractivity contribution < 1.29 is 27.0 Å². The van der Waals surface area contributed by atoms with E-state index in [1.807, 2.05) is 48.5 Å². The van der Waals surface area contributed by atoms with Crippen molar-refractivity contribution in [3.05, 3.63) is 129 Å². The zero-order valence-corrected chi connectivity index (χ0v) is 27.7. The van der Waals surface area contributed by atoms with Gasteiger partial charge < -0.3 is 14.6 Å². The molecule has 1 aromatic heterocycles. The zero-order chi connectivity index (χ0) is 33.1. The number of amides is 1. The predicted octanol–water partition coefficient (Wildman–Crippen LogP) is 8.40. The van der Waals surface area contributed by atoms with E-state index < -0.39 is 27.9 Å². The molecule has 46 heavy (non-hydrogen) atoms. The molecular weight excluding hydrogens is 647 g/mol. The van der Waals surface area contributed by atoms with Crippen molar-refractivity contribution in [2.75, 3.05) is 12.3 Å². The highest BCUT2D eigenvalue weighted by Gasteiger charge is 2.23. The third kappa shape index (κ3) is 8.35. The summed E-state index contributed by atoms with van der Waals surface area (Å²) in [6.45, 7) is 6.22. The van der Waals surface area contributed by atoms with Gasteiger partial charge in [0.05, 0.1) is 5.75 Å². The molecule has 1 heterocycles. The number of benzene rings is 4. The molecule has 5 rings (SSSR count). The van der Waals surface area contributed by atoms with Crippen LogP contribution in [0.1, 0.15) is 54.1 Å². The molecule has 8 nitrogen and oxygen atoms in total. The molecule has 5 aromatic rings. The van der Waals surface area contributed by atoms with Gasteiger partial charge in [-0.2, -0.15) is 8.42 Å². The Morgan fingerprint density at radius 2 is 1.63 bits per heavy atom. The molecular formula is C35H32Cl2N2O6S. The highest BCUT2D eigenvalue weighted by Crippen LogP contribution is 2.35. The van der Waals surface area contributed by atoms with E-state index in [4.69, 9.17) is 37.0 Å².